The molecular formula is C18H19ClF3N3O. The SMILES string of the molecule is CCCCN(C)c1cncc(C(=O)Nc2ccc(Cl)cc2C(F)(F)F)c1. The normalized spacial score (nSPS) is 11.3. The molecular weight excluding hydrogens is 367 g/mol. The van der Waals surface area contributed by atoms with Gasteiger partial charge in [0.25, 0.3) is 5.91 Å². The molecule has 8 heteroatoms. The Morgan fingerprint density at radius 2 is 2.00 bits per heavy atom. The molecule has 0 atom stereocenters. The molecule has 0 saturated heterocycles. The van der Waals surface area contributed by atoms with Crippen molar-refractivity contribution in [3.8, 4) is 0 Å². The van der Waals surface area contributed by atoms with Crippen LogP contribution >= 0.6 is 11.6 Å². The first kappa shape index (κ1) is 20.0. The Kier molecular flexibility index (Phi) is 6.47. The summed E-state index contributed by atoms with van der Waals surface area (Å²) in [6, 6.07) is 4.80. The average Bonchev–Trinajstić information content (AvgIpc) is 2.60. The Hall–Kier alpha value is -2.28. The van der Waals surface area contributed by atoms with E-state index in [1.807, 2.05) is 11.9 Å². The Balaban J connectivity index is 2.24. The summed E-state index contributed by atoms with van der Waals surface area (Å²) < 4.78 is 39.4. The number of unbranched alkanes of at least 4 members (excludes halogenated alkanes) is 1. The number of carbonyl (C=O) groups excluding carboxylic acids is 1. The molecule has 0 aliphatic rings. The molecule has 2 aromatic rings. The van der Waals surface area contributed by atoms with Crippen LogP contribution in [0.5, 0.6) is 0 Å². The number of pyridine rings is 1. The number of hydrogen-bond donors (Lipinski definition) is 1. The lowest BCUT2D eigenvalue weighted by Crippen LogP contribution is -2.20. The molecule has 26 heavy (non-hydrogen) atoms. The summed E-state index contributed by atoms with van der Waals surface area (Å²) in [5.74, 6) is -0.670. The number of amides is 1. The van der Waals surface area contributed by atoms with Crippen LogP contribution < -0.4 is 10.2 Å². The molecule has 4 nitrogen and oxygen atoms in total. The van der Waals surface area contributed by atoms with Crippen molar-refractivity contribution >= 4 is 28.9 Å². The fraction of sp³-hybridized carbons (Fsp3) is 0.333. The number of benzene rings is 1. The van der Waals surface area contributed by atoms with Crippen molar-refractivity contribution in [1.82, 2.24) is 4.98 Å². The quantitative estimate of drug-likeness (QED) is 0.739. The second-order valence-electron chi connectivity index (χ2n) is 5.85. The predicted molar refractivity (Wildman–Crippen MR) is 96.8 cm³/mol. The van der Waals surface area contributed by atoms with Gasteiger partial charge in [-0.15, -0.1) is 0 Å². The molecule has 0 radical (unpaired) electrons. The summed E-state index contributed by atoms with van der Waals surface area (Å²) >= 11 is 5.65. The molecule has 1 aromatic heterocycles. The van der Waals surface area contributed by atoms with E-state index in [0.29, 0.717) is 0 Å². The van der Waals surface area contributed by atoms with Gasteiger partial charge < -0.3 is 10.2 Å². The van der Waals surface area contributed by atoms with Gasteiger partial charge in [-0.25, -0.2) is 0 Å². The zero-order valence-corrected chi connectivity index (χ0v) is 15.2. The highest BCUT2D eigenvalue weighted by Crippen LogP contribution is 2.36. The molecule has 140 valence electrons. The fourth-order valence-electron chi connectivity index (χ4n) is 2.34. The van der Waals surface area contributed by atoms with Crippen molar-refractivity contribution in [1.29, 1.82) is 0 Å². The second-order valence-corrected chi connectivity index (χ2v) is 6.29. The first-order valence-electron chi connectivity index (χ1n) is 8.06. The van der Waals surface area contributed by atoms with Crippen LogP contribution in [0.3, 0.4) is 0 Å². The fourth-order valence-corrected chi connectivity index (χ4v) is 2.51. The molecule has 0 spiro atoms. The highest BCUT2D eigenvalue weighted by molar-refractivity contribution is 6.30. The maximum Gasteiger partial charge on any atom is 0.418 e. The van der Waals surface area contributed by atoms with E-state index in [9.17, 15) is 18.0 Å². The van der Waals surface area contributed by atoms with Crippen LogP contribution in [0.15, 0.2) is 36.7 Å². The lowest BCUT2D eigenvalue weighted by Gasteiger charge is -2.19. The van der Waals surface area contributed by atoms with Crippen LogP contribution in [0.25, 0.3) is 0 Å². The molecule has 2 rings (SSSR count). The topological polar surface area (TPSA) is 45.2 Å². The van der Waals surface area contributed by atoms with E-state index < -0.39 is 17.6 Å². The van der Waals surface area contributed by atoms with Gasteiger partial charge in [0.05, 0.1) is 28.7 Å². The van der Waals surface area contributed by atoms with Gasteiger partial charge in [-0.1, -0.05) is 24.9 Å². The van der Waals surface area contributed by atoms with Crippen molar-refractivity contribution in [3.05, 3.63) is 52.8 Å². The van der Waals surface area contributed by atoms with Crippen molar-refractivity contribution in [2.75, 3.05) is 23.8 Å². The number of anilines is 2. The van der Waals surface area contributed by atoms with E-state index in [4.69, 9.17) is 11.6 Å². The molecule has 1 heterocycles. The number of aromatic nitrogens is 1. The maximum atomic E-state index is 13.1. The Bertz CT molecular complexity index is 781. The zero-order valence-electron chi connectivity index (χ0n) is 14.4. The van der Waals surface area contributed by atoms with Crippen LogP contribution in [0.4, 0.5) is 24.5 Å². The van der Waals surface area contributed by atoms with Gasteiger partial charge in [-0.3, -0.25) is 9.78 Å². The largest absolute Gasteiger partial charge is 0.418 e. The summed E-state index contributed by atoms with van der Waals surface area (Å²) in [7, 11) is 1.87. The molecule has 0 bridgehead atoms. The molecule has 1 amide bonds. The van der Waals surface area contributed by atoms with E-state index >= 15 is 0 Å². The monoisotopic (exact) mass is 385 g/mol. The van der Waals surface area contributed by atoms with E-state index in [0.717, 1.165) is 37.2 Å². The molecule has 1 aromatic carbocycles. The minimum Gasteiger partial charge on any atom is -0.373 e. The highest BCUT2D eigenvalue weighted by atomic mass is 35.5. The summed E-state index contributed by atoms with van der Waals surface area (Å²) in [5.41, 5.74) is -0.452. The van der Waals surface area contributed by atoms with Gasteiger partial charge in [-0.2, -0.15) is 13.2 Å². The summed E-state index contributed by atoms with van der Waals surface area (Å²) in [6.07, 6.45) is 0.293. The highest BCUT2D eigenvalue weighted by Gasteiger charge is 2.34. The van der Waals surface area contributed by atoms with Crippen LogP contribution in [-0.4, -0.2) is 24.5 Å². The summed E-state index contributed by atoms with van der Waals surface area (Å²) in [4.78, 5) is 18.4. The van der Waals surface area contributed by atoms with Crippen LogP contribution in [0.1, 0.15) is 35.7 Å². The molecule has 0 unspecified atom stereocenters. The smallest absolute Gasteiger partial charge is 0.373 e. The van der Waals surface area contributed by atoms with E-state index in [1.165, 1.54) is 12.3 Å². The van der Waals surface area contributed by atoms with E-state index in [2.05, 4.69) is 17.2 Å². The van der Waals surface area contributed by atoms with Gasteiger partial charge in [0.15, 0.2) is 0 Å². The van der Waals surface area contributed by atoms with E-state index in [-0.39, 0.29) is 16.3 Å². The van der Waals surface area contributed by atoms with Crippen molar-refractivity contribution in [2.24, 2.45) is 0 Å². The lowest BCUT2D eigenvalue weighted by molar-refractivity contribution is -0.136. The van der Waals surface area contributed by atoms with Crippen molar-refractivity contribution in [2.45, 2.75) is 25.9 Å². The minimum absolute atomic E-state index is 0.0588. The number of carbonyl (C=O) groups is 1. The Labute approximate surface area is 155 Å². The van der Waals surface area contributed by atoms with Gasteiger partial charge in [0.1, 0.15) is 0 Å². The lowest BCUT2D eigenvalue weighted by atomic mass is 10.1. The molecule has 0 saturated carbocycles. The number of nitrogens with one attached hydrogen (secondary N) is 1. The molecule has 1 N–H and O–H groups in total. The van der Waals surface area contributed by atoms with E-state index in [1.54, 1.807) is 12.3 Å². The Morgan fingerprint density at radius 1 is 1.27 bits per heavy atom. The number of alkyl halides is 3. The van der Waals surface area contributed by atoms with Gasteiger partial charge >= 0.3 is 6.18 Å². The van der Waals surface area contributed by atoms with Gasteiger partial charge in [-0.05, 0) is 30.7 Å². The van der Waals surface area contributed by atoms with Crippen LogP contribution in [0.2, 0.25) is 5.02 Å². The van der Waals surface area contributed by atoms with Crippen molar-refractivity contribution < 1.29 is 18.0 Å². The standard InChI is InChI=1S/C18H19ClF3N3O/c1-3-4-7-25(2)14-8-12(10-23-11-14)17(26)24-16-6-5-13(19)9-15(16)18(20,21)22/h5-6,8-11H,3-4,7H2,1-2H3,(H,24,26). The van der Waals surface area contributed by atoms with Crippen molar-refractivity contribution in [3.63, 3.8) is 0 Å². The molecule has 0 aliphatic heterocycles. The second kappa shape index (κ2) is 8.40. The number of rotatable bonds is 6. The summed E-state index contributed by atoms with van der Waals surface area (Å²) in [5, 5.41) is 2.24. The number of halogens is 4. The first-order valence-corrected chi connectivity index (χ1v) is 8.44. The molecule has 0 fully saturated rings. The Morgan fingerprint density at radius 3 is 2.65 bits per heavy atom. The predicted octanol–water partition coefficient (Wildman–Crippen LogP) is 5.24. The van der Waals surface area contributed by atoms with Gasteiger partial charge in [0.2, 0.25) is 0 Å². The summed E-state index contributed by atoms with van der Waals surface area (Å²) in [6.45, 7) is 2.86. The van der Waals surface area contributed by atoms with Crippen LogP contribution in [-0.2, 0) is 6.18 Å². The average molecular weight is 386 g/mol. The first-order chi connectivity index (χ1) is 12.2. The maximum absolute atomic E-state index is 13.1. The third-order valence-electron chi connectivity index (χ3n) is 3.81. The molecule has 0 aliphatic carbocycles. The third kappa shape index (κ3) is 5.11. The number of hydrogen-bond acceptors (Lipinski definition) is 3. The number of nitrogens with zero attached hydrogens (tertiary/aromatic N) is 2. The third-order valence-corrected chi connectivity index (χ3v) is 4.04. The minimum atomic E-state index is -4.63. The van der Waals surface area contributed by atoms with Gasteiger partial charge in [0, 0.05) is 24.8 Å². The zero-order chi connectivity index (χ0) is 19.3. The van der Waals surface area contributed by atoms with Crippen LogP contribution in [0, 0.1) is 0 Å².